The maximum absolute atomic E-state index is 13.1. The predicted octanol–water partition coefficient (Wildman–Crippen LogP) is 1.51. The van der Waals surface area contributed by atoms with Crippen molar-refractivity contribution >= 4 is 34.6 Å². The molecule has 9 nitrogen and oxygen atoms in total. The molecule has 0 aliphatic carbocycles. The van der Waals surface area contributed by atoms with Gasteiger partial charge in [0.15, 0.2) is 10.8 Å². The Hall–Kier alpha value is -2.36. The average Bonchev–Trinajstić information content (AvgIpc) is 3.38. The molecule has 0 bridgehead atoms. The Labute approximate surface area is 179 Å². The van der Waals surface area contributed by atoms with E-state index in [0.29, 0.717) is 41.5 Å². The van der Waals surface area contributed by atoms with E-state index in [1.807, 2.05) is 25.7 Å². The molecule has 1 unspecified atom stereocenters. The second-order valence-electron chi connectivity index (χ2n) is 8.89. The van der Waals surface area contributed by atoms with Gasteiger partial charge in [0.25, 0.3) is 5.56 Å². The van der Waals surface area contributed by atoms with Gasteiger partial charge in [0.2, 0.25) is 11.8 Å². The first-order valence-corrected chi connectivity index (χ1v) is 11.4. The number of hydrogen-bond donors (Lipinski definition) is 1. The fourth-order valence-corrected chi connectivity index (χ4v) is 5.13. The molecule has 10 heteroatoms. The smallest absolute Gasteiger partial charge is 0.265 e. The molecule has 0 aromatic carbocycles. The van der Waals surface area contributed by atoms with Crippen molar-refractivity contribution in [1.29, 1.82) is 0 Å². The first-order valence-electron chi connectivity index (χ1n) is 10.4. The molecule has 1 N–H and O–H groups in total. The Morgan fingerprint density at radius 3 is 2.83 bits per heavy atom. The van der Waals surface area contributed by atoms with Crippen molar-refractivity contribution in [2.24, 2.45) is 0 Å². The summed E-state index contributed by atoms with van der Waals surface area (Å²) in [6, 6.07) is -0.215. The van der Waals surface area contributed by atoms with Crippen LogP contribution in [0.15, 0.2) is 16.1 Å². The number of carbonyl (C=O) groups is 2. The predicted molar refractivity (Wildman–Crippen MR) is 115 cm³/mol. The van der Waals surface area contributed by atoms with Gasteiger partial charge in [0.05, 0.1) is 17.8 Å². The van der Waals surface area contributed by atoms with Crippen LogP contribution in [-0.4, -0.2) is 61.4 Å². The molecule has 4 rings (SSSR count). The van der Waals surface area contributed by atoms with E-state index in [1.165, 1.54) is 11.8 Å². The number of aromatic nitrogens is 4. The van der Waals surface area contributed by atoms with E-state index >= 15 is 0 Å². The van der Waals surface area contributed by atoms with E-state index in [9.17, 15) is 14.4 Å². The Morgan fingerprint density at radius 2 is 2.13 bits per heavy atom. The van der Waals surface area contributed by atoms with Crippen molar-refractivity contribution in [2.75, 3.05) is 25.4 Å². The first kappa shape index (κ1) is 20.9. The molecule has 2 aliphatic rings. The lowest BCUT2D eigenvalue weighted by molar-refractivity contribution is -0.127. The molecular formula is C20H28N6O3S. The molecule has 1 saturated heterocycles. The van der Waals surface area contributed by atoms with Gasteiger partial charge in [-0.05, 0) is 33.6 Å². The van der Waals surface area contributed by atoms with E-state index in [2.05, 4.69) is 15.4 Å². The molecule has 162 valence electrons. The van der Waals surface area contributed by atoms with E-state index in [0.717, 1.165) is 19.4 Å². The first-order chi connectivity index (χ1) is 14.3. The van der Waals surface area contributed by atoms with Gasteiger partial charge in [-0.3, -0.25) is 19.0 Å². The standard InChI is InChI=1S/C20H28N6O3S/c1-20(2,3)26-17-14(11-22-26)18(29)25-13(12-30-19(25)23-17)10-15(27)21-7-5-9-24-8-4-6-16(24)28/h11,13H,4-10,12H2,1-3H3,(H,21,27). The summed E-state index contributed by atoms with van der Waals surface area (Å²) in [6.07, 6.45) is 4.11. The number of thioether (sulfide) groups is 1. The highest BCUT2D eigenvalue weighted by molar-refractivity contribution is 7.99. The molecule has 0 saturated carbocycles. The number of likely N-dealkylation sites (tertiary alicyclic amines) is 1. The van der Waals surface area contributed by atoms with E-state index in [1.54, 1.807) is 15.4 Å². The van der Waals surface area contributed by atoms with Crippen LogP contribution in [0, 0.1) is 0 Å². The highest BCUT2D eigenvalue weighted by Crippen LogP contribution is 2.33. The van der Waals surface area contributed by atoms with Crippen LogP contribution in [0.3, 0.4) is 0 Å². The van der Waals surface area contributed by atoms with Crippen LogP contribution < -0.4 is 10.9 Å². The van der Waals surface area contributed by atoms with Gasteiger partial charge >= 0.3 is 0 Å². The molecule has 2 aromatic heterocycles. The minimum Gasteiger partial charge on any atom is -0.356 e. The van der Waals surface area contributed by atoms with Gasteiger partial charge in [-0.1, -0.05) is 11.8 Å². The number of nitrogens with zero attached hydrogens (tertiary/aromatic N) is 5. The van der Waals surface area contributed by atoms with Crippen LogP contribution >= 0.6 is 11.8 Å². The lowest BCUT2D eigenvalue weighted by Crippen LogP contribution is -2.33. The summed E-state index contributed by atoms with van der Waals surface area (Å²) in [5.41, 5.74) is 0.177. The zero-order valence-electron chi connectivity index (χ0n) is 17.7. The van der Waals surface area contributed by atoms with Gasteiger partial charge in [-0.2, -0.15) is 5.10 Å². The van der Waals surface area contributed by atoms with Crippen LogP contribution in [0.1, 0.15) is 52.5 Å². The van der Waals surface area contributed by atoms with Gasteiger partial charge in [0.1, 0.15) is 5.39 Å². The third kappa shape index (κ3) is 3.97. The fraction of sp³-hybridized carbons (Fsp3) is 0.650. The average molecular weight is 433 g/mol. The molecule has 1 fully saturated rings. The van der Waals surface area contributed by atoms with Crippen molar-refractivity contribution in [3.63, 3.8) is 0 Å². The SMILES string of the molecule is CC(C)(C)n1ncc2c(=O)n3c(nc21)SCC3CC(=O)NCCCN1CCCC1=O. The van der Waals surface area contributed by atoms with Crippen molar-refractivity contribution in [3.05, 3.63) is 16.6 Å². The highest BCUT2D eigenvalue weighted by atomic mass is 32.2. The quantitative estimate of drug-likeness (QED) is 0.548. The molecule has 4 heterocycles. The largest absolute Gasteiger partial charge is 0.356 e. The van der Waals surface area contributed by atoms with Crippen molar-refractivity contribution in [3.8, 4) is 0 Å². The molecule has 30 heavy (non-hydrogen) atoms. The normalized spacial score (nSPS) is 19.0. The molecule has 2 aliphatic heterocycles. The fourth-order valence-electron chi connectivity index (χ4n) is 4.00. The highest BCUT2D eigenvalue weighted by Gasteiger charge is 2.30. The zero-order chi connectivity index (χ0) is 21.5. The van der Waals surface area contributed by atoms with Crippen LogP contribution in [0.4, 0.5) is 0 Å². The lowest BCUT2D eigenvalue weighted by atomic mass is 10.1. The van der Waals surface area contributed by atoms with Crippen LogP contribution in [0.5, 0.6) is 0 Å². The van der Waals surface area contributed by atoms with Crippen molar-refractivity contribution in [1.82, 2.24) is 29.5 Å². The number of nitrogens with one attached hydrogen (secondary N) is 1. The van der Waals surface area contributed by atoms with Crippen molar-refractivity contribution < 1.29 is 9.59 Å². The number of carbonyl (C=O) groups excluding carboxylic acids is 2. The van der Waals surface area contributed by atoms with Crippen LogP contribution in [0.25, 0.3) is 11.0 Å². The lowest BCUT2D eigenvalue weighted by Gasteiger charge is -2.20. The summed E-state index contributed by atoms with van der Waals surface area (Å²) in [6.45, 7) is 8.09. The summed E-state index contributed by atoms with van der Waals surface area (Å²) in [7, 11) is 0. The maximum atomic E-state index is 13.1. The Bertz CT molecular complexity index is 1040. The van der Waals surface area contributed by atoms with Gasteiger partial charge in [-0.15, -0.1) is 0 Å². The van der Waals surface area contributed by atoms with Gasteiger partial charge in [0, 0.05) is 38.2 Å². The van der Waals surface area contributed by atoms with Gasteiger partial charge in [-0.25, -0.2) is 9.67 Å². The zero-order valence-corrected chi connectivity index (χ0v) is 18.5. The summed E-state index contributed by atoms with van der Waals surface area (Å²) < 4.78 is 3.42. The summed E-state index contributed by atoms with van der Waals surface area (Å²) in [4.78, 5) is 43.7. The van der Waals surface area contributed by atoms with Crippen molar-refractivity contribution in [2.45, 2.75) is 63.2 Å². The summed E-state index contributed by atoms with van der Waals surface area (Å²) in [5, 5.41) is 8.41. The molecule has 1 atom stereocenters. The molecule has 2 amide bonds. The number of fused-ring (bicyclic) bond motifs is 2. The minimum atomic E-state index is -0.275. The minimum absolute atomic E-state index is 0.0846. The Balaban J connectivity index is 1.40. The Kier molecular flexibility index (Phi) is 5.61. The molecule has 2 aromatic rings. The molecule has 0 spiro atoms. The molecular weight excluding hydrogens is 404 g/mol. The van der Waals surface area contributed by atoms with Gasteiger partial charge < -0.3 is 10.2 Å². The van der Waals surface area contributed by atoms with Crippen LogP contribution in [0.2, 0.25) is 0 Å². The maximum Gasteiger partial charge on any atom is 0.265 e. The van der Waals surface area contributed by atoms with Crippen LogP contribution in [-0.2, 0) is 15.1 Å². The third-order valence-electron chi connectivity index (χ3n) is 5.53. The summed E-state index contributed by atoms with van der Waals surface area (Å²) >= 11 is 1.50. The Morgan fingerprint density at radius 1 is 1.33 bits per heavy atom. The second-order valence-corrected chi connectivity index (χ2v) is 9.88. The van der Waals surface area contributed by atoms with E-state index < -0.39 is 0 Å². The summed E-state index contributed by atoms with van der Waals surface area (Å²) in [5.74, 6) is 0.764. The third-order valence-corrected chi connectivity index (χ3v) is 6.62. The van der Waals surface area contributed by atoms with E-state index in [-0.39, 0.29) is 35.4 Å². The van der Waals surface area contributed by atoms with E-state index in [4.69, 9.17) is 0 Å². The second kappa shape index (κ2) is 8.05. The monoisotopic (exact) mass is 432 g/mol. The number of hydrogen-bond acceptors (Lipinski definition) is 6. The number of amides is 2. The topological polar surface area (TPSA) is 102 Å². The molecule has 0 radical (unpaired) electrons. The number of rotatable bonds is 6.